The van der Waals surface area contributed by atoms with Crippen LogP contribution in [0.25, 0.3) is 0 Å². The summed E-state index contributed by atoms with van der Waals surface area (Å²) in [6.45, 7) is 6.63. The second-order valence-corrected chi connectivity index (χ2v) is 7.63. The van der Waals surface area contributed by atoms with Crippen molar-refractivity contribution in [2.75, 3.05) is 53.1 Å². The molecule has 3 rings (SSSR count). The predicted molar refractivity (Wildman–Crippen MR) is 105 cm³/mol. The third-order valence-corrected chi connectivity index (χ3v) is 5.46. The minimum absolute atomic E-state index is 0.302. The maximum atomic E-state index is 10.3. The summed E-state index contributed by atoms with van der Waals surface area (Å²) in [5.41, 5.74) is 1.09. The zero-order valence-corrected chi connectivity index (χ0v) is 16.5. The third-order valence-electron chi connectivity index (χ3n) is 5.46. The molecular formula is C21H34N2O4. The van der Waals surface area contributed by atoms with Gasteiger partial charge >= 0.3 is 0 Å². The van der Waals surface area contributed by atoms with E-state index in [0.717, 1.165) is 69.3 Å². The number of aliphatic hydroxyl groups excluding tert-OH is 1. The molecule has 152 valence electrons. The summed E-state index contributed by atoms with van der Waals surface area (Å²) in [6, 6.07) is 5.91. The van der Waals surface area contributed by atoms with E-state index in [9.17, 15) is 5.11 Å². The van der Waals surface area contributed by atoms with E-state index >= 15 is 0 Å². The van der Waals surface area contributed by atoms with Crippen molar-refractivity contribution in [3.63, 3.8) is 0 Å². The molecule has 2 fully saturated rings. The van der Waals surface area contributed by atoms with Crippen LogP contribution in [0.15, 0.2) is 18.2 Å². The van der Waals surface area contributed by atoms with E-state index in [2.05, 4.69) is 10.2 Å². The number of likely N-dealkylation sites (tertiary alicyclic amines) is 1. The lowest BCUT2D eigenvalue weighted by Gasteiger charge is -2.23. The number of hydrogen-bond donors (Lipinski definition) is 2. The first-order chi connectivity index (χ1) is 13.2. The molecule has 6 nitrogen and oxygen atoms in total. The molecule has 1 aromatic carbocycles. The molecule has 0 bridgehead atoms. The van der Waals surface area contributed by atoms with Crippen LogP contribution in [0.2, 0.25) is 0 Å². The average molecular weight is 379 g/mol. The van der Waals surface area contributed by atoms with E-state index in [4.69, 9.17) is 14.2 Å². The molecule has 0 amide bonds. The van der Waals surface area contributed by atoms with Gasteiger partial charge in [0.25, 0.3) is 0 Å². The fourth-order valence-corrected chi connectivity index (χ4v) is 3.81. The number of nitrogens with zero attached hydrogens (tertiary/aromatic N) is 1. The number of β-amino-alcohol motifs (C(OH)–C–C–N with tert-alkyl or cyclic N) is 1. The van der Waals surface area contributed by atoms with Crippen molar-refractivity contribution >= 4 is 0 Å². The Morgan fingerprint density at radius 2 is 2.04 bits per heavy atom. The van der Waals surface area contributed by atoms with Gasteiger partial charge in [-0.25, -0.2) is 0 Å². The molecule has 0 aliphatic carbocycles. The Morgan fingerprint density at radius 3 is 2.78 bits per heavy atom. The quantitative estimate of drug-likeness (QED) is 0.650. The van der Waals surface area contributed by atoms with Crippen molar-refractivity contribution in [3.8, 4) is 11.5 Å². The first-order valence-corrected chi connectivity index (χ1v) is 10.2. The van der Waals surface area contributed by atoms with Gasteiger partial charge in [-0.15, -0.1) is 0 Å². The number of ether oxygens (including phenoxy) is 3. The summed E-state index contributed by atoms with van der Waals surface area (Å²) in [6.07, 6.45) is 4.24. The highest BCUT2D eigenvalue weighted by Crippen LogP contribution is 2.25. The highest BCUT2D eigenvalue weighted by molar-refractivity contribution is 5.40. The summed E-state index contributed by atoms with van der Waals surface area (Å²) < 4.78 is 16.7. The highest BCUT2D eigenvalue weighted by atomic mass is 16.5. The van der Waals surface area contributed by atoms with Gasteiger partial charge in [0.2, 0.25) is 0 Å². The first-order valence-electron chi connectivity index (χ1n) is 10.2. The van der Waals surface area contributed by atoms with E-state index in [0.29, 0.717) is 19.1 Å². The monoisotopic (exact) mass is 378 g/mol. The summed E-state index contributed by atoms with van der Waals surface area (Å²) in [5.74, 6) is 2.24. The Bertz CT molecular complexity index is 557. The van der Waals surface area contributed by atoms with Gasteiger partial charge in [0.15, 0.2) is 0 Å². The molecule has 2 aliphatic heterocycles. The average Bonchev–Trinajstić information content (AvgIpc) is 3.21. The van der Waals surface area contributed by atoms with E-state index in [-0.39, 0.29) is 0 Å². The van der Waals surface area contributed by atoms with Crippen LogP contribution in [-0.4, -0.2) is 69.2 Å². The maximum Gasteiger partial charge on any atom is 0.127 e. The van der Waals surface area contributed by atoms with Gasteiger partial charge < -0.3 is 29.5 Å². The van der Waals surface area contributed by atoms with Gasteiger partial charge in [-0.05, 0) is 57.3 Å². The van der Waals surface area contributed by atoms with Gasteiger partial charge in [-0.2, -0.15) is 0 Å². The van der Waals surface area contributed by atoms with Crippen LogP contribution < -0.4 is 14.8 Å². The highest BCUT2D eigenvalue weighted by Gasteiger charge is 2.17. The third kappa shape index (κ3) is 6.64. The van der Waals surface area contributed by atoms with Crippen molar-refractivity contribution in [3.05, 3.63) is 23.8 Å². The number of hydrogen-bond acceptors (Lipinski definition) is 6. The molecule has 0 radical (unpaired) electrons. The number of nitrogens with one attached hydrogen (secondary N) is 1. The number of aliphatic hydroxyl groups is 1. The lowest BCUT2D eigenvalue weighted by atomic mass is 10.0. The van der Waals surface area contributed by atoms with Crippen molar-refractivity contribution in [2.45, 2.75) is 38.3 Å². The molecule has 6 heteroatoms. The topological polar surface area (TPSA) is 63.2 Å². The van der Waals surface area contributed by atoms with E-state index in [1.807, 2.05) is 18.2 Å². The van der Waals surface area contributed by atoms with Gasteiger partial charge in [-0.3, -0.25) is 0 Å². The van der Waals surface area contributed by atoms with Crippen LogP contribution in [0, 0.1) is 5.92 Å². The Kier molecular flexibility index (Phi) is 8.20. The fraction of sp³-hybridized carbons (Fsp3) is 0.714. The van der Waals surface area contributed by atoms with Gasteiger partial charge in [0.1, 0.15) is 24.2 Å². The van der Waals surface area contributed by atoms with Gasteiger partial charge in [0, 0.05) is 37.9 Å². The maximum absolute atomic E-state index is 10.3. The van der Waals surface area contributed by atoms with Crippen molar-refractivity contribution in [1.29, 1.82) is 0 Å². The van der Waals surface area contributed by atoms with Gasteiger partial charge in [0.05, 0.1) is 7.11 Å². The van der Waals surface area contributed by atoms with Crippen molar-refractivity contribution < 1.29 is 19.3 Å². The molecule has 2 N–H and O–H groups in total. The zero-order valence-electron chi connectivity index (χ0n) is 16.5. The molecule has 0 saturated carbocycles. The SMILES string of the molecule is COc1ccc(CNCC2CCOCC2)c(OCC(O)CN2CCCC2)c1. The Hall–Kier alpha value is -1.34. The van der Waals surface area contributed by atoms with Crippen LogP contribution >= 0.6 is 0 Å². The van der Waals surface area contributed by atoms with Crippen molar-refractivity contribution in [1.82, 2.24) is 10.2 Å². The minimum Gasteiger partial charge on any atom is -0.497 e. The standard InChI is InChI=1S/C21H34N2O4/c1-25-20-5-4-18(14-22-13-17-6-10-26-11-7-17)21(12-20)27-16-19(24)15-23-8-2-3-9-23/h4-5,12,17,19,22,24H,2-3,6-11,13-16H2,1H3. The van der Waals surface area contributed by atoms with Crippen LogP contribution in [-0.2, 0) is 11.3 Å². The summed E-state index contributed by atoms with van der Waals surface area (Å²) in [7, 11) is 1.66. The minimum atomic E-state index is -0.475. The summed E-state index contributed by atoms with van der Waals surface area (Å²) in [5, 5.41) is 13.9. The first kappa shape index (κ1) is 20.4. The van der Waals surface area contributed by atoms with E-state index in [1.165, 1.54) is 12.8 Å². The molecule has 1 unspecified atom stereocenters. The van der Waals surface area contributed by atoms with Gasteiger partial charge in [-0.1, -0.05) is 6.07 Å². The van der Waals surface area contributed by atoms with Crippen LogP contribution in [0.4, 0.5) is 0 Å². The molecule has 1 atom stereocenters. The molecule has 2 heterocycles. The predicted octanol–water partition coefficient (Wildman–Crippen LogP) is 2.05. The summed E-state index contributed by atoms with van der Waals surface area (Å²) in [4.78, 5) is 2.30. The number of methoxy groups -OCH3 is 1. The molecule has 1 aromatic rings. The molecule has 2 aliphatic rings. The molecule has 0 spiro atoms. The molecule has 27 heavy (non-hydrogen) atoms. The Morgan fingerprint density at radius 1 is 1.26 bits per heavy atom. The molecular weight excluding hydrogens is 344 g/mol. The second-order valence-electron chi connectivity index (χ2n) is 7.63. The fourth-order valence-electron chi connectivity index (χ4n) is 3.81. The van der Waals surface area contributed by atoms with Crippen LogP contribution in [0.1, 0.15) is 31.2 Å². The molecule has 0 aromatic heterocycles. The normalized spacial score (nSPS) is 19.9. The lowest BCUT2D eigenvalue weighted by Crippen LogP contribution is -2.33. The lowest BCUT2D eigenvalue weighted by molar-refractivity contribution is 0.0661. The zero-order chi connectivity index (χ0) is 18.9. The number of rotatable bonds is 10. The Balaban J connectivity index is 1.50. The number of benzene rings is 1. The smallest absolute Gasteiger partial charge is 0.127 e. The van der Waals surface area contributed by atoms with E-state index in [1.54, 1.807) is 7.11 Å². The molecule has 2 saturated heterocycles. The second kappa shape index (κ2) is 10.9. The largest absolute Gasteiger partial charge is 0.497 e. The van der Waals surface area contributed by atoms with E-state index < -0.39 is 6.10 Å². The summed E-state index contributed by atoms with van der Waals surface area (Å²) >= 11 is 0. The van der Waals surface area contributed by atoms with Crippen LogP contribution in [0.5, 0.6) is 11.5 Å². The van der Waals surface area contributed by atoms with Crippen LogP contribution in [0.3, 0.4) is 0 Å². The van der Waals surface area contributed by atoms with Crippen molar-refractivity contribution in [2.24, 2.45) is 5.92 Å². The Labute approximate surface area is 162 Å².